The summed E-state index contributed by atoms with van der Waals surface area (Å²) >= 11 is 3.10. The van der Waals surface area contributed by atoms with Gasteiger partial charge in [-0.15, -0.1) is 0 Å². The molecule has 0 aliphatic heterocycles. The fourth-order valence-corrected chi connectivity index (χ4v) is 2.00. The van der Waals surface area contributed by atoms with E-state index < -0.39 is 4.92 Å². The number of esters is 1. The molecule has 0 bridgehead atoms. The Morgan fingerprint density at radius 3 is 2.76 bits per heavy atom. The first-order valence-corrected chi connectivity index (χ1v) is 5.79. The van der Waals surface area contributed by atoms with E-state index in [1.807, 2.05) is 0 Å². The van der Waals surface area contributed by atoms with Crippen LogP contribution in [0.3, 0.4) is 0 Å². The first kappa shape index (κ1) is 13.6. The number of nitrogens with zero attached hydrogens (tertiary/aromatic N) is 3. The lowest BCUT2D eigenvalue weighted by Crippen LogP contribution is -2.10. The molecule has 0 N–H and O–H groups in total. The van der Waals surface area contributed by atoms with Gasteiger partial charge in [-0.3, -0.25) is 9.36 Å². The molecule has 1 heterocycles. The number of hydrogen-bond acceptors (Lipinski definition) is 5. The van der Waals surface area contributed by atoms with Crippen molar-refractivity contribution in [1.82, 2.24) is 9.55 Å². The minimum absolute atomic E-state index is 0.154. The van der Waals surface area contributed by atoms with E-state index in [1.54, 1.807) is 18.4 Å². The Balaban J connectivity index is 2.78. The van der Waals surface area contributed by atoms with E-state index in [2.05, 4.69) is 20.9 Å². The Morgan fingerprint density at radius 2 is 2.29 bits per heavy atom. The fraction of sp³-hybridized carbons (Fsp3) is 0.556. The predicted octanol–water partition coefficient (Wildman–Crippen LogP) is 1.82. The van der Waals surface area contributed by atoms with Crippen molar-refractivity contribution in [3.05, 3.63) is 20.5 Å². The highest BCUT2D eigenvalue weighted by molar-refractivity contribution is 9.10. The Hall–Kier alpha value is -1.44. The maximum atomic E-state index is 11.2. The van der Waals surface area contributed by atoms with E-state index in [9.17, 15) is 14.9 Å². The molecule has 17 heavy (non-hydrogen) atoms. The third-order valence-corrected chi connectivity index (χ3v) is 2.88. The number of aryl methyl sites for hydroxylation is 1. The smallest absolute Gasteiger partial charge is 0.396 e. The minimum atomic E-state index is -0.571. The van der Waals surface area contributed by atoms with Crippen LogP contribution in [0.1, 0.15) is 19.2 Å². The van der Waals surface area contributed by atoms with Gasteiger partial charge in [-0.1, -0.05) is 0 Å². The molecule has 0 aliphatic rings. The van der Waals surface area contributed by atoms with Crippen molar-refractivity contribution in [2.24, 2.45) is 0 Å². The fourth-order valence-electron chi connectivity index (χ4n) is 1.33. The molecule has 8 heteroatoms. The minimum Gasteiger partial charge on any atom is -0.466 e. The number of aromatic nitrogens is 2. The lowest BCUT2D eigenvalue weighted by Gasteiger charge is -2.04. The number of imidazole rings is 1. The molecule has 0 aromatic carbocycles. The van der Waals surface area contributed by atoms with E-state index in [1.165, 1.54) is 0 Å². The molecule has 0 amide bonds. The zero-order chi connectivity index (χ0) is 13.0. The van der Waals surface area contributed by atoms with Crippen LogP contribution < -0.4 is 0 Å². The second-order valence-electron chi connectivity index (χ2n) is 3.24. The molecule has 0 saturated carbocycles. The number of ether oxygens (including phenoxy) is 1. The van der Waals surface area contributed by atoms with Crippen LogP contribution in [-0.2, 0) is 16.1 Å². The van der Waals surface area contributed by atoms with Crippen LogP contribution in [0.4, 0.5) is 5.82 Å². The molecule has 1 rings (SSSR count). The second-order valence-corrected chi connectivity index (χ2v) is 3.99. The van der Waals surface area contributed by atoms with Gasteiger partial charge in [0.2, 0.25) is 5.82 Å². The summed E-state index contributed by atoms with van der Waals surface area (Å²) in [7, 11) is 0. The first-order chi connectivity index (χ1) is 7.97. The molecule has 0 aliphatic carbocycles. The number of rotatable bonds is 5. The second kappa shape index (κ2) is 5.76. The Bertz CT molecular complexity index is 444. The van der Waals surface area contributed by atoms with Gasteiger partial charge in [0, 0.05) is 13.5 Å². The molecule has 7 nitrogen and oxygen atoms in total. The van der Waals surface area contributed by atoms with Gasteiger partial charge < -0.3 is 14.9 Å². The predicted molar refractivity (Wildman–Crippen MR) is 62.6 cm³/mol. The van der Waals surface area contributed by atoms with Crippen LogP contribution in [0.2, 0.25) is 0 Å². The lowest BCUT2D eigenvalue weighted by molar-refractivity contribution is -0.390. The van der Waals surface area contributed by atoms with Crippen molar-refractivity contribution < 1.29 is 14.5 Å². The van der Waals surface area contributed by atoms with Gasteiger partial charge in [0.15, 0.2) is 4.60 Å². The van der Waals surface area contributed by atoms with Crippen LogP contribution in [0, 0.1) is 17.0 Å². The molecule has 1 aromatic rings. The standard InChI is InChI=1S/C9H12BrN3O4/c1-3-17-7(14)4-5-12-6(2)11-9(8(12)10)13(15)16/h3-5H2,1-2H3. The molecule has 0 unspecified atom stereocenters. The molecule has 0 radical (unpaired) electrons. The summed E-state index contributed by atoms with van der Waals surface area (Å²) in [5.74, 6) is -0.102. The summed E-state index contributed by atoms with van der Waals surface area (Å²) in [5.41, 5.74) is 0. The van der Waals surface area contributed by atoms with Gasteiger partial charge in [0.1, 0.15) is 0 Å². The number of hydrogen-bond donors (Lipinski definition) is 0. The lowest BCUT2D eigenvalue weighted by atomic mass is 10.4. The van der Waals surface area contributed by atoms with E-state index in [0.717, 1.165) is 0 Å². The highest BCUT2D eigenvalue weighted by atomic mass is 79.9. The summed E-state index contributed by atoms with van der Waals surface area (Å²) in [6.45, 7) is 3.99. The number of carbonyl (C=O) groups is 1. The molecule has 0 atom stereocenters. The van der Waals surface area contributed by atoms with Crippen LogP contribution in [0.25, 0.3) is 0 Å². The SMILES string of the molecule is CCOC(=O)CCn1c(C)nc([N+](=O)[O-])c1Br. The molecule has 0 saturated heterocycles. The Kier molecular flexibility index (Phi) is 4.62. The van der Waals surface area contributed by atoms with E-state index >= 15 is 0 Å². The van der Waals surface area contributed by atoms with Gasteiger partial charge in [-0.05, 0) is 32.8 Å². The third-order valence-electron chi connectivity index (χ3n) is 2.10. The van der Waals surface area contributed by atoms with Crippen molar-refractivity contribution in [2.45, 2.75) is 26.8 Å². The maximum Gasteiger partial charge on any atom is 0.396 e. The van der Waals surface area contributed by atoms with Crippen molar-refractivity contribution in [3.63, 3.8) is 0 Å². The van der Waals surface area contributed by atoms with E-state index in [0.29, 0.717) is 19.0 Å². The number of carbonyl (C=O) groups excluding carboxylic acids is 1. The number of nitro groups is 1. The van der Waals surface area contributed by atoms with E-state index in [4.69, 9.17) is 4.74 Å². The maximum absolute atomic E-state index is 11.2. The third kappa shape index (κ3) is 3.26. The van der Waals surface area contributed by atoms with Gasteiger partial charge in [0.25, 0.3) is 0 Å². The summed E-state index contributed by atoms with van der Waals surface area (Å²) in [6, 6.07) is 0. The highest BCUT2D eigenvalue weighted by Gasteiger charge is 2.23. The largest absolute Gasteiger partial charge is 0.466 e. The number of halogens is 1. The van der Waals surface area contributed by atoms with Crippen LogP contribution in [0.5, 0.6) is 0 Å². The van der Waals surface area contributed by atoms with Gasteiger partial charge in [0.05, 0.1) is 13.0 Å². The quantitative estimate of drug-likeness (QED) is 0.470. The zero-order valence-corrected chi connectivity index (χ0v) is 11.1. The Morgan fingerprint density at radius 1 is 1.65 bits per heavy atom. The monoisotopic (exact) mass is 305 g/mol. The first-order valence-electron chi connectivity index (χ1n) is 5.00. The molecule has 1 aromatic heterocycles. The van der Waals surface area contributed by atoms with E-state index in [-0.39, 0.29) is 22.8 Å². The average molecular weight is 306 g/mol. The van der Waals surface area contributed by atoms with Gasteiger partial charge in [-0.25, -0.2) is 0 Å². The van der Waals surface area contributed by atoms with Crippen molar-refractivity contribution >= 4 is 27.7 Å². The molecular weight excluding hydrogens is 294 g/mol. The normalized spacial score (nSPS) is 10.3. The summed E-state index contributed by atoms with van der Waals surface area (Å²) in [6.07, 6.45) is 0.154. The summed E-state index contributed by atoms with van der Waals surface area (Å²) in [5, 5.41) is 10.6. The topological polar surface area (TPSA) is 87.3 Å². The van der Waals surface area contributed by atoms with Gasteiger partial charge in [-0.2, -0.15) is 0 Å². The van der Waals surface area contributed by atoms with Crippen molar-refractivity contribution in [1.29, 1.82) is 0 Å². The molecule has 94 valence electrons. The summed E-state index contributed by atoms with van der Waals surface area (Å²) in [4.78, 5) is 25.0. The highest BCUT2D eigenvalue weighted by Crippen LogP contribution is 2.25. The average Bonchev–Trinajstić information content (AvgIpc) is 2.52. The van der Waals surface area contributed by atoms with Crippen LogP contribution in [0.15, 0.2) is 4.60 Å². The van der Waals surface area contributed by atoms with Crippen LogP contribution in [-0.4, -0.2) is 27.1 Å². The Labute approximate surface area is 106 Å². The molecule has 0 fully saturated rings. The zero-order valence-electron chi connectivity index (χ0n) is 9.47. The summed E-state index contributed by atoms with van der Waals surface area (Å²) < 4.78 is 6.61. The van der Waals surface area contributed by atoms with Crippen molar-refractivity contribution in [3.8, 4) is 0 Å². The van der Waals surface area contributed by atoms with Crippen molar-refractivity contribution in [2.75, 3.05) is 6.61 Å². The molecule has 0 spiro atoms. The van der Waals surface area contributed by atoms with Gasteiger partial charge >= 0.3 is 11.8 Å². The van der Waals surface area contributed by atoms with Crippen LogP contribution >= 0.6 is 15.9 Å². The molecular formula is C9H12BrN3O4.